The SMILES string of the molecule is O=C(Nc1ccc(Nc2cc(Nc3ccccn3)ncn2)cc1)c1ccccc1Br. The minimum atomic E-state index is -0.177. The Morgan fingerprint density at radius 3 is 2.17 bits per heavy atom. The molecule has 4 rings (SSSR count). The van der Waals surface area contributed by atoms with Gasteiger partial charge in [0.25, 0.3) is 5.91 Å². The molecule has 7 nitrogen and oxygen atoms in total. The number of hydrogen-bond acceptors (Lipinski definition) is 6. The highest BCUT2D eigenvalue weighted by Crippen LogP contribution is 2.21. The molecule has 0 aliphatic rings. The van der Waals surface area contributed by atoms with Gasteiger partial charge < -0.3 is 16.0 Å². The van der Waals surface area contributed by atoms with Crippen LogP contribution < -0.4 is 16.0 Å². The third-order valence-corrected chi connectivity index (χ3v) is 4.81. The van der Waals surface area contributed by atoms with E-state index in [0.717, 1.165) is 10.2 Å². The van der Waals surface area contributed by atoms with Crippen LogP contribution in [0, 0.1) is 0 Å². The number of hydrogen-bond donors (Lipinski definition) is 3. The zero-order valence-electron chi connectivity index (χ0n) is 15.7. The Morgan fingerprint density at radius 1 is 0.733 bits per heavy atom. The molecule has 0 fully saturated rings. The van der Waals surface area contributed by atoms with Crippen molar-refractivity contribution in [2.24, 2.45) is 0 Å². The van der Waals surface area contributed by atoms with Crippen LogP contribution in [0.3, 0.4) is 0 Å². The van der Waals surface area contributed by atoms with Crippen LogP contribution in [0.15, 0.2) is 89.8 Å². The van der Waals surface area contributed by atoms with Crippen molar-refractivity contribution >= 4 is 50.7 Å². The first-order valence-electron chi connectivity index (χ1n) is 9.10. The van der Waals surface area contributed by atoms with E-state index in [4.69, 9.17) is 0 Å². The molecule has 0 atom stereocenters. The highest BCUT2D eigenvalue weighted by Gasteiger charge is 2.09. The number of halogens is 1. The van der Waals surface area contributed by atoms with E-state index in [1.807, 2.05) is 60.7 Å². The first-order valence-corrected chi connectivity index (χ1v) is 9.90. The zero-order chi connectivity index (χ0) is 20.8. The molecule has 1 amide bonds. The van der Waals surface area contributed by atoms with Crippen LogP contribution >= 0.6 is 15.9 Å². The first kappa shape index (κ1) is 19.5. The third-order valence-electron chi connectivity index (χ3n) is 4.12. The summed E-state index contributed by atoms with van der Waals surface area (Å²) in [5.74, 6) is 1.79. The first-order chi connectivity index (χ1) is 14.7. The number of carbonyl (C=O) groups excluding carboxylic acids is 1. The van der Waals surface area contributed by atoms with E-state index in [2.05, 4.69) is 46.8 Å². The van der Waals surface area contributed by atoms with E-state index >= 15 is 0 Å². The molecule has 0 radical (unpaired) electrons. The summed E-state index contributed by atoms with van der Waals surface area (Å²) in [5.41, 5.74) is 2.10. The average Bonchev–Trinajstić information content (AvgIpc) is 2.76. The van der Waals surface area contributed by atoms with Gasteiger partial charge >= 0.3 is 0 Å². The molecule has 0 saturated carbocycles. The summed E-state index contributed by atoms with van der Waals surface area (Å²) in [6.45, 7) is 0. The van der Waals surface area contributed by atoms with Gasteiger partial charge in [-0.15, -0.1) is 0 Å². The Bertz CT molecular complexity index is 1150. The molecule has 0 saturated heterocycles. The van der Waals surface area contributed by atoms with Crippen molar-refractivity contribution in [3.8, 4) is 0 Å². The van der Waals surface area contributed by atoms with Crippen LogP contribution in [0.5, 0.6) is 0 Å². The number of amides is 1. The van der Waals surface area contributed by atoms with Gasteiger partial charge in [-0.3, -0.25) is 4.79 Å². The minimum absolute atomic E-state index is 0.177. The Balaban J connectivity index is 1.41. The Hall–Kier alpha value is -3.78. The number of nitrogens with zero attached hydrogens (tertiary/aromatic N) is 3. The highest BCUT2D eigenvalue weighted by molar-refractivity contribution is 9.10. The Kier molecular flexibility index (Phi) is 5.95. The minimum Gasteiger partial charge on any atom is -0.340 e. The van der Waals surface area contributed by atoms with Crippen LogP contribution in [-0.2, 0) is 0 Å². The smallest absolute Gasteiger partial charge is 0.256 e. The van der Waals surface area contributed by atoms with Crippen LogP contribution in [-0.4, -0.2) is 20.9 Å². The van der Waals surface area contributed by atoms with Crippen molar-refractivity contribution in [2.45, 2.75) is 0 Å². The maximum absolute atomic E-state index is 12.4. The summed E-state index contributed by atoms with van der Waals surface area (Å²) >= 11 is 3.39. The van der Waals surface area contributed by atoms with E-state index < -0.39 is 0 Å². The second-order valence-electron chi connectivity index (χ2n) is 6.26. The van der Waals surface area contributed by atoms with Crippen LogP contribution in [0.4, 0.5) is 28.8 Å². The van der Waals surface area contributed by atoms with E-state index in [1.165, 1.54) is 6.33 Å². The van der Waals surface area contributed by atoms with Gasteiger partial charge in [-0.25, -0.2) is 15.0 Å². The molecule has 0 spiro atoms. The van der Waals surface area contributed by atoms with Gasteiger partial charge in [0, 0.05) is 28.1 Å². The van der Waals surface area contributed by atoms with E-state index in [-0.39, 0.29) is 5.91 Å². The van der Waals surface area contributed by atoms with Gasteiger partial charge in [0.05, 0.1) is 5.56 Å². The lowest BCUT2D eigenvalue weighted by Crippen LogP contribution is -2.12. The quantitative estimate of drug-likeness (QED) is 0.358. The molecular formula is C22H17BrN6O. The van der Waals surface area contributed by atoms with Gasteiger partial charge in [0.15, 0.2) is 0 Å². The molecule has 0 aliphatic carbocycles. The molecule has 0 bridgehead atoms. The maximum atomic E-state index is 12.4. The Morgan fingerprint density at radius 2 is 1.43 bits per heavy atom. The van der Waals surface area contributed by atoms with Crippen LogP contribution in [0.25, 0.3) is 0 Å². The van der Waals surface area contributed by atoms with Gasteiger partial charge in [0.2, 0.25) is 0 Å². The lowest BCUT2D eigenvalue weighted by molar-refractivity contribution is 0.102. The molecule has 0 unspecified atom stereocenters. The second-order valence-corrected chi connectivity index (χ2v) is 7.12. The highest BCUT2D eigenvalue weighted by atomic mass is 79.9. The molecule has 148 valence electrons. The molecule has 4 aromatic rings. The van der Waals surface area contributed by atoms with Gasteiger partial charge in [-0.05, 0) is 64.5 Å². The predicted molar refractivity (Wildman–Crippen MR) is 121 cm³/mol. The monoisotopic (exact) mass is 460 g/mol. The van der Waals surface area contributed by atoms with E-state index in [9.17, 15) is 4.79 Å². The summed E-state index contributed by atoms with van der Waals surface area (Å²) in [6.07, 6.45) is 3.18. The number of aromatic nitrogens is 3. The Labute approximate surface area is 181 Å². The summed E-state index contributed by atoms with van der Waals surface area (Å²) in [7, 11) is 0. The summed E-state index contributed by atoms with van der Waals surface area (Å²) in [4.78, 5) is 25.1. The van der Waals surface area contributed by atoms with Gasteiger partial charge in [0.1, 0.15) is 23.8 Å². The summed E-state index contributed by atoms with van der Waals surface area (Å²) in [6, 6.07) is 22.1. The molecule has 2 heterocycles. The van der Waals surface area contributed by atoms with Crippen molar-refractivity contribution in [1.29, 1.82) is 0 Å². The molecule has 8 heteroatoms. The van der Waals surface area contributed by atoms with Crippen molar-refractivity contribution in [2.75, 3.05) is 16.0 Å². The number of benzene rings is 2. The molecule has 2 aromatic heterocycles. The van der Waals surface area contributed by atoms with Gasteiger partial charge in [-0.1, -0.05) is 18.2 Å². The average molecular weight is 461 g/mol. The summed E-state index contributed by atoms with van der Waals surface area (Å²) < 4.78 is 0.750. The largest absolute Gasteiger partial charge is 0.340 e. The lowest BCUT2D eigenvalue weighted by atomic mass is 10.2. The van der Waals surface area contributed by atoms with Crippen molar-refractivity contribution < 1.29 is 4.79 Å². The fourth-order valence-electron chi connectivity index (χ4n) is 2.69. The lowest BCUT2D eigenvalue weighted by Gasteiger charge is -2.10. The maximum Gasteiger partial charge on any atom is 0.256 e. The fourth-order valence-corrected chi connectivity index (χ4v) is 3.16. The zero-order valence-corrected chi connectivity index (χ0v) is 17.3. The number of nitrogens with one attached hydrogen (secondary N) is 3. The predicted octanol–water partition coefficient (Wildman–Crippen LogP) is 5.37. The normalized spacial score (nSPS) is 10.3. The second kappa shape index (κ2) is 9.15. The van der Waals surface area contributed by atoms with Crippen molar-refractivity contribution in [1.82, 2.24) is 15.0 Å². The standard InChI is InChI=1S/C22H17BrN6O/c23-18-6-2-1-5-17(18)22(30)28-16-10-8-15(9-11-16)27-20-13-21(26-14-25-20)29-19-7-3-4-12-24-19/h1-14H,(H,28,30)(H2,24,25,26,27,29). The third kappa shape index (κ3) is 4.98. The number of rotatable bonds is 6. The van der Waals surface area contributed by atoms with E-state index in [1.54, 1.807) is 18.3 Å². The topological polar surface area (TPSA) is 91.8 Å². The summed E-state index contributed by atoms with van der Waals surface area (Å²) in [5, 5.41) is 9.23. The fraction of sp³-hybridized carbons (Fsp3) is 0. The number of anilines is 5. The molecular weight excluding hydrogens is 444 g/mol. The molecule has 30 heavy (non-hydrogen) atoms. The van der Waals surface area contributed by atoms with Crippen molar-refractivity contribution in [3.05, 3.63) is 95.4 Å². The van der Waals surface area contributed by atoms with Crippen LogP contribution in [0.2, 0.25) is 0 Å². The molecule has 3 N–H and O–H groups in total. The molecule has 2 aromatic carbocycles. The number of carbonyl (C=O) groups is 1. The van der Waals surface area contributed by atoms with E-state index in [0.29, 0.717) is 28.7 Å². The molecule has 0 aliphatic heterocycles. The van der Waals surface area contributed by atoms with Crippen molar-refractivity contribution in [3.63, 3.8) is 0 Å². The van der Waals surface area contributed by atoms with Crippen LogP contribution in [0.1, 0.15) is 10.4 Å². The van der Waals surface area contributed by atoms with Gasteiger partial charge in [-0.2, -0.15) is 0 Å². The number of pyridine rings is 1.